The largest absolute Gasteiger partial charge is 0.465 e. The van der Waals surface area contributed by atoms with Crippen molar-refractivity contribution in [2.75, 3.05) is 27.7 Å². The average Bonchev–Trinajstić information content (AvgIpc) is 2.62. The van der Waals surface area contributed by atoms with Gasteiger partial charge in [0.2, 0.25) is 10.0 Å². The normalized spacial score (nSPS) is 12.8. The van der Waals surface area contributed by atoms with E-state index in [0.717, 1.165) is 11.1 Å². The lowest BCUT2D eigenvalue weighted by atomic mass is 10.0. The van der Waals surface area contributed by atoms with Gasteiger partial charge in [0.15, 0.2) is 0 Å². The van der Waals surface area contributed by atoms with E-state index in [2.05, 4.69) is 9.46 Å². The number of methoxy groups -OCH3 is 1. The summed E-state index contributed by atoms with van der Waals surface area (Å²) in [6.07, 6.45) is 0. The molecule has 0 amide bonds. The quantitative estimate of drug-likeness (QED) is 0.710. The summed E-state index contributed by atoms with van der Waals surface area (Å²) < 4.78 is 32.8. The predicted octanol–water partition coefficient (Wildman–Crippen LogP) is 3.02. The summed E-state index contributed by atoms with van der Waals surface area (Å²) in [6.45, 7) is 2.14. The summed E-state index contributed by atoms with van der Waals surface area (Å²) in [5.41, 5.74) is 2.23. The predicted molar refractivity (Wildman–Crippen MR) is 106 cm³/mol. The number of hydrogen-bond donors (Lipinski definition) is 1. The molecule has 0 saturated carbocycles. The van der Waals surface area contributed by atoms with E-state index in [0.29, 0.717) is 0 Å². The molecule has 0 radical (unpaired) electrons. The van der Waals surface area contributed by atoms with E-state index in [1.165, 1.54) is 25.3 Å². The molecule has 1 N–H and O–H groups in total. The minimum absolute atomic E-state index is 0.0342. The third-order valence-corrected chi connectivity index (χ3v) is 6.10. The minimum Gasteiger partial charge on any atom is -0.465 e. The van der Waals surface area contributed by atoms with Gasteiger partial charge in [-0.15, -0.1) is 0 Å². The van der Waals surface area contributed by atoms with E-state index >= 15 is 0 Å². The molecule has 1 atom stereocenters. The highest BCUT2D eigenvalue weighted by molar-refractivity contribution is 7.89. The fourth-order valence-corrected chi connectivity index (χ4v) is 4.17. The zero-order valence-electron chi connectivity index (χ0n) is 15.7. The first kappa shape index (κ1) is 21.4. The van der Waals surface area contributed by atoms with Crippen molar-refractivity contribution >= 4 is 27.6 Å². The number of aryl methyl sites for hydroxylation is 1. The molecule has 6 nitrogen and oxygen atoms in total. The second kappa shape index (κ2) is 8.84. The first-order valence-corrected chi connectivity index (χ1v) is 10.1. The molecule has 0 aliphatic carbocycles. The molecule has 27 heavy (non-hydrogen) atoms. The number of hydrogen-bond acceptors (Lipinski definition) is 5. The van der Waals surface area contributed by atoms with Gasteiger partial charge in [0.25, 0.3) is 0 Å². The second-order valence-corrected chi connectivity index (χ2v) is 8.52. The summed E-state index contributed by atoms with van der Waals surface area (Å²) in [7, 11) is 1.07. The van der Waals surface area contributed by atoms with Gasteiger partial charge < -0.3 is 9.64 Å². The molecule has 1 unspecified atom stereocenters. The van der Waals surface area contributed by atoms with Crippen LogP contribution < -0.4 is 4.72 Å². The first-order valence-electron chi connectivity index (χ1n) is 8.26. The Morgan fingerprint density at radius 3 is 2.37 bits per heavy atom. The molecule has 0 aliphatic heterocycles. The highest BCUT2D eigenvalue weighted by Gasteiger charge is 2.23. The number of benzene rings is 2. The van der Waals surface area contributed by atoms with Crippen molar-refractivity contribution in [3.05, 3.63) is 64.2 Å². The zero-order valence-corrected chi connectivity index (χ0v) is 17.3. The first-order chi connectivity index (χ1) is 12.7. The second-order valence-electron chi connectivity index (χ2n) is 6.38. The van der Waals surface area contributed by atoms with Crippen molar-refractivity contribution in [1.82, 2.24) is 9.62 Å². The van der Waals surface area contributed by atoms with Gasteiger partial charge in [-0.1, -0.05) is 41.4 Å². The molecule has 0 aliphatic rings. The van der Waals surface area contributed by atoms with Crippen molar-refractivity contribution < 1.29 is 17.9 Å². The van der Waals surface area contributed by atoms with Gasteiger partial charge >= 0.3 is 5.97 Å². The van der Waals surface area contributed by atoms with Gasteiger partial charge in [0.05, 0.1) is 17.7 Å². The van der Waals surface area contributed by atoms with E-state index in [9.17, 15) is 13.2 Å². The molecule has 146 valence electrons. The van der Waals surface area contributed by atoms with E-state index in [-0.39, 0.29) is 28.1 Å². The van der Waals surface area contributed by atoms with Gasteiger partial charge in [-0.2, -0.15) is 0 Å². The lowest BCUT2D eigenvalue weighted by Crippen LogP contribution is -2.34. The molecule has 8 heteroatoms. The molecule has 2 rings (SSSR count). The van der Waals surface area contributed by atoms with Crippen LogP contribution in [0, 0.1) is 6.92 Å². The molecular weight excluding hydrogens is 388 g/mol. The van der Waals surface area contributed by atoms with Crippen molar-refractivity contribution in [3.8, 4) is 0 Å². The number of carbonyl (C=O) groups excluding carboxylic acids is 1. The third kappa shape index (κ3) is 5.29. The maximum absolute atomic E-state index is 12.8. The Morgan fingerprint density at radius 1 is 1.19 bits per heavy atom. The Bertz CT molecular complexity index is 912. The van der Waals surface area contributed by atoms with Gasteiger partial charge in [-0.05, 0) is 44.8 Å². The maximum atomic E-state index is 12.8. The number of ether oxygens (including phenoxy) is 1. The molecular formula is C19H23ClN2O4S. The van der Waals surface area contributed by atoms with Crippen LogP contribution in [-0.2, 0) is 14.8 Å². The van der Waals surface area contributed by atoms with Crippen LogP contribution in [0.1, 0.15) is 27.5 Å². The highest BCUT2D eigenvalue weighted by atomic mass is 35.5. The third-order valence-electron chi connectivity index (χ3n) is 4.19. The van der Waals surface area contributed by atoms with E-state index in [1.807, 2.05) is 50.2 Å². The summed E-state index contributed by atoms with van der Waals surface area (Å²) >= 11 is 6.06. The summed E-state index contributed by atoms with van der Waals surface area (Å²) in [5.74, 6) is -0.631. The fraction of sp³-hybridized carbons (Fsp3) is 0.316. The number of nitrogens with one attached hydrogen (secondary N) is 1. The minimum atomic E-state index is -3.92. The summed E-state index contributed by atoms with van der Waals surface area (Å²) in [5, 5.41) is 0.0342. The van der Waals surface area contributed by atoms with Crippen LogP contribution in [0.4, 0.5) is 0 Å². The van der Waals surface area contributed by atoms with E-state index in [1.54, 1.807) is 0 Å². The molecule has 0 saturated heterocycles. The lowest BCUT2D eigenvalue weighted by Gasteiger charge is -2.25. The van der Waals surface area contributed by atoms with Crippen molar-refractivity contribution in [1.29, 1.82) is 0 Å². The molecule has 2 aromatic rings. The molecule has 0 aromatic heterocycles. The summed E-state index contributed by atoms with van der Waals surface area (Å²) in [4.78, 5) is 13.5. The Hall–Kier alpha value is -1.93. The number of likely N-dealkylation sites (N-methyl/N-ethyl adjacent to an activating group) is 1. The summed E-state index contributed by atoms with van der Waals surface area (Å²) in [6, 6.07) is 11.7. The molecule has 2 aromatic carbocycles. The number of halogens is 1. The molecule has 0 bridgehead atoms. The van der Waals surface area contributed by atoms with Gasteiger partial charge in [-0.25, -0.2) is 17.9 Å². The molecule has 0 spiro atoms. The molecule has 0 fully saturated rings. The van der Waals surface area contributed by atoms with Crippen molar-refractivity contribution in [2.24, 2.45) is 0 Å². The highest BCUT2D eigenvalue weighted by Crippen LogP contribution is 2.24. The number of rotatable bonds is 7. The van der Waals surface area contributed by atoms with Gasteiger partial charge in [-0.3, -0.25) is 0 Å². The SMILES string of the molecule is COC(=O)c1ccc(Cl)c(S(=O)(=O)NCC(c2ccc(C)cc2)N(C)C)c1. The Labute approximate surface area is 165 Å². The Balaban J connectivity index is 2.27. The van der Waals surface area contributed by atoms with Gasteiger partial charge in [0.1, 0.15) is 4.90 Å². The standard InChI is InChI=1S/C19H23ClN2O4S/c1-13-5-7-14(8-6-13)17(22(2)3)12-21-27(24,25)18-11-15(19(23)26-4)9-10-16(18)20/h5-11,17,21H,12H2,1-4H3. The van der Waals surface area contributed by atoms with Crippen molar-refractivity contribution in [3.63, 3.8) is 0 Å². The number of sulfonamides is 1. The number of carbonyl (C=O) groups is 1. The van der Waals surface area contributed by atoms with E-state index < -0.39 is 16.0 Å². The average molecular weight is 411 g/mol. The topological polar surface area (TPSA) is 75.7 Å². The zero-order chi connectivity index (χ0) is 20.2. The van der Waals surface area contributed by atoms with Crippen LogP contribution in [0.2, 0.25) is 5.02 Å². The number of esters is 1. The monoisotopic (exact) mass is 410 g/mol. The molecule has 0 heterocycles. The van der Waals surface area contributed by atoms with Crippen molar-refractivity contribution in [2.45, 2.75) is 17.9 Å². The van der Waals surface area contributed by atoms with Crippen LogP contribution >= 0.6 is 11.6 Å². The van der Waals surface area contributed by atoms with E-state index in [4.69, 9.17) is 11.6 Å². The van der Waals surface area contributed by atoms with Crippen LogP contribution in [0.5, 0.6) is 0 Å². The number of nitrogens with zero attached hydrogens (tertiary/aromatic N) is 1. The van der Waals surface area contributed by atoms with Crippen LogP contribution in [-0.4, -0.2) is 47.0 Å². The van der Waals surface area contributed by atoms with Crippen LogP contribution in [0.15, 0.2) is 47.4 Å². The van der Waals surface area contributed by atoms with Crippen LogP contribution in [0.3, 0.4) is 0 Å². The van der Waals surface area contributed by atoms with Crippen LogP contribution in [0.25, 0.3) is 0 Å². The lowest BCUT2D eigenvalue weighted by molar-refractivity contribution is 0.0600. The smallest absolute Gasteiger partial charge is 0.337 e. The maximum Gasteiger partial charge on any atom is 0.337 e. The Morgan fingerprint density at radius 2 is 1.81 bits per heavy atom. The Kier molecular flexibility index (Phi) is 7.00. The fourth-order valence-electron chi connectivity index (χ4n) is 2.61. The van der Waals surface area contributed by atoms with Gasteiger partial charge in [0, 0.05) is 12.6 Å².